The van der Waals surface area contributed by atoms with E-state index in [9.17, 15) is 24.0 Å². The molecule has 0 saturated carbocycles. The molecular formula is C24H26N2O10. The number of fused-ring (bicyclic) bond motifs is 2. The number of carbonyl (C=O) groups excluding carboxylic acids is 5. The number of ether oxygens (including phenoxy) is 5. The molecule has 0 unspecified atom stereocenters. The Balaban J connectivity index is 2.43. The average molecular weight is 502 g/mol. The van der Waals surface area contributed by atoms with Crippen molar-refractivity contribution < 1.29 is 47.7 Å². The molecule has 1 spiro atoms. The molecule has 0 aliphatic carbocycles. The number of nitrogens with two attached hydrogens (primary N) is 1. The van der Waals surface area contributed by atoms with Gasteiger partial charge < -0.3 is 29.4 Å². The summed E-state index contributed by atoms with van der Waals surface area (Å²) < 4.78 is 25.4. The number of para-hydroxylation sites is 1. The fourth-order valence-corrected chi connectivity index (χ4v) is 4.33. The van der Waals surface area contributed by atoms with Crippen molar-refractivity contribution in [2.75, 3.05) is 38.9 Å². The van der Waals surface area contributed by atoms with Gasteiger partial charge in [0, 0.05) is 11.3 Å². The second kappa shape index (κ2) is 10.5. The number of benzene rings is 1. The molecule has 192 valence electrons. The van der Waals surface area contributed by atoms with Crippen molar-refractivity contribution in [3.63, 3.8) is 0 Å². The molecule has 12 heteroatoms. The van der Waals surface area contributed by atoms with Crippen molar-refractivity contribution in [2.45, 2.75) is 25.7 Å². The van der Waals surface area contributed by atoms with Gasteiger partial charge in [0.05, 0.1) is 27.4 Å². The molecular weight excluding hydrogens is 476 g/mol. The van der Waals surface area contributed by atoms with Gasteiger partial charge in [-0.25, -0.2) is 9.59 Å². The van der Waals surface area contributed by atoms with Gasteiger partial charge in [-0.3, -0.25) is 19.3 Å². The van der Waals surface area contributed by atoms with E-state index in [1.165, 1.54) is 12.1 Å². The maximum atomic E-state index is 14.3. The highest BCUT2D eigenvalue weighted by atomic mass is 16.6. The Morgan fingerprint density at radius 3 is 2.22 bits per heavy atom. The topological polar surface area (TPSA) is 161 Å². The first-order valence-corrected chi connectivity index (χ1v) is 11.0. The smallest absolute Gasteiger partial charge is 0.340 e. The SMILES string of the molecule is CCOC(=O)CC1=C(C(=O)OCC)[C@]2(C(=O)N(CC(=O)OC)c3ccccc32)C(C(=O)OC)=C(N)O1. The van der Waals surface area contributed by atoms with E-state index in [4.69, 9.17) is 29.4 Å². The molecule has 3 rings (SSSR count). The van der Waals surface area contributed by atoms with Crippen molar-refractivity contribution in [3.05, 3.63) is 52.6 Å². The second-order valence-electron chi connectivity index (χ2n) is 7.57. The number of amides is 1. The van der Waals surface area contributed by atoms with E-state index in [1.54, 1.807) is 26.0 Å². The summed E-state index contributed by atoms with van der Waals surface area (Å²) in [6.45, 7) is 2.54. The summed E-state index contributed by atoms with van der Waals surface area (Å²) in [5, 5.41) is 0. The molecule has 0 fully saturated rings. The van der Waals surface area contributed by atoms with Gasteiger partial charge in [0.2, 0.25) is 11.8 Å². The lowest BCUT2D eigenvalue weighted by atomic mass is 9.67. The Hall–Kier alpha value is -4.35. The summed E-state index contributed by atoms with van der Waals surface area (Å²) in [7, 11) is 2.22. The fourth-order valence-electron chi connectivity index (χ4n) is 4.33. The van der Waals surface area contributed by atoms with Gasteiger partial charge in [-0.1, -0.05) is 18.2 Å². The first kappa shape index (κ1) is 26.3. The van der Waals surface area contributed by atoms with E-state index >= 15 is 0 Å². The molecule has 1 aromatic rings. The van der Waals surface area contributed by atoms with Gasteiger partial charge in [-0.2, -0.15) is 0 Å². The molecule has 0 saturated heterocycles. The highest BCUT2D eigenvalue weighted by Crippen LogP contribution is 2.55. The van der Waals surface area contributed by atoms with Crippen molar-refractivity contribution in [2.24, 2.45) is 5.73 Å². The number of rotatable bonds is 8. The van der Waals surface area contributed by atoms with Gasteiger partial charge in [0.25, 0.3) is 0 Å². The lowest BCUT2D eigenvalue weighted by Gasteiger charge is -2.36. The monoisotopic (exact) mass is 502 g/mol. The molecule has 1 atom stereocenters. The minimum atomic E-state index is -2.24. The zero-order valence-electron chi connectivity index (χ0n) is 20.2. The third-order valence-electron chi connectivity index (χ3n) is 5.67. The predicted molar refractivity (Wildman–Crippen MR) is 122 cm³/mol. The lowest BCUT2D eigenvalue weighted by molar-refractivity contribution is -0.143. The van der Waals surface area contributed by atoms with E-state index in [1.807, 2.05) is 0 Å². The van der Waals surface area contributed by atoms with E-state index in [0.29, 0.717) is 0 Å². The van der Waals surface area contributed by atoms with Gasteiger partial charge in [-0.15, -0.1) is 0 Å². The largest absolute Gasteiger partial charge is 0.468 e. The highest BCUT2D eigenvalue weighted by Gasteiger charge is 2.64. The Bertz CT molecular complexity index is 1190. The molecule has 2 aliphatic rings. The van der Waals surface area contributed by atoms with Crippen LogP contribution in [0.15, 0.2) is 47.1 Å². The van der Waals surface area contributed by atoms with Crippen molar-refractivity contribution in [1.82, 2.24) is 0 Å². The van der Waals surface area contributed by atoms with Gasteiger partial charge in [0.1, 0.15) is 35.3 Å². The second-order valence-corrected chi connectivity index (χ2v) is 7.57. The number of nitrogens with zero attached hydrogens (tertiary/aromatic N) is 1. The van der Waals surface area contributed by atoms with E-state index in [2.05, 4.69) is 0 Å². The van der Waals surface area contributed by atoms with Crippen LogP contribution in [0.25, 0.3) is 0 Å². The standard InChI is InChI=1S/C24H26N2O10/c1-5-34-16(27)11-15-18(22(30)35-6-2)24(19(20(25)36-15)21(29)33-4)13-9-7-8-10-14(13)26(23(24)31)12-17(28)32-3/h7-10H,5-6,11-12,25H2,1-4H3/t24-/m0/s1. The van der Waals surface area contributed by atoms with Crippen LogP contribution < -0.4 is 10.6 Å². The van der Waals surface area contributed by atoms with E-state index < -0.39 is 65.2 Å². The Labute approximate surface area is 206 Å². The number of methoxy groups -OCH3 is 2. The molecule has 1 amide bonds. The molecule has 2 aliphatic heterocycles. The summed E-state index contributed by atoms with van der Waals surface area (Å²) in [6, 6.07) is 6.20. The third-order valence-corrected chi connectivity index (χ3v) is 5.67. The molecule has 36 heavy (non-hydrogen) atoms. The first-order valence-electron chi connectivity index (χ1n) is 11.0. The van der Waals surface area contributed by atoms with Crippen molar-refractivity contribution >= 4 is 35.5 Å². The molecule has 0 radical (unpaired) electrons. The van der Waals surface area contributed by atoms with Crippen LogP contribution in [0.4, 0.5) is 5.69 Å². The molecule has 0 bridgehead atoms. The Kier molecular flexibility index (Phi) is 7.66. The molecule has 2 N–H and O–H groups in total. The van der Waals surface area contributed by atoms with Crippen LogP contribution in [0, 0.1) is 0 Å². The molecule has 0 aromatic heterocycles. The lowest BCUT2D eigenvalue weighted by Crippen LogP contribution is -2.51. The Morgan fingerprint density at radius 2 is 1.61 bits per heavy atom. The van der Waals surface area contributed by atoms with Gasteiger partial charge in [-0.05, 0) is 19.9 Å². The number of anilines is 1. The summed E-state index contributed by atoms with van der Waals surface area (Å²) in [4.78, 5) is 66.4. The zero-order valence-corrected chi connectivity index (χ0v) is 20.2. The van der Waals surface area contributed by atoms with Crippen LogP contribution >= 0.6 is 0 Å². The number of carbonyl (C=O) groups is 5. The maximum absolute atomic E-state index is 14.3. The quantitative estimate of drug-likeness (QED) is 0.391. The van der Waals surface area contributed by atoms with E-state index in [0.717, 1.165) is 19.1 Å². The number of hydrogen-bond donors (Lipinski definition) is 1. The van der Waals surface area contributed by atoms with Crippen LogP contribution in [0.1, 0.15) is 25.8 Å². The van der Waals surface area contributed by atoms with Gasteiger partial charge >= 0.3 is 23.9 Å². The summed E-state index contributed by atoms with van der Waals surface area (Å²) in [5.41, 5.74) is 3.29. The highest BCUT2D eigenvalue weighted by molar-refractivity contribution is 6.23. The average Bonchev–Trinajstić information content (AvgIpc) is 3.07. The summed E-state index contributed by atoms with van der Waals surface area (Å²) >= 11 is 0. The summed E-state index contributed by atoms with van der Waals surface area (Å²) in [6.07, 6.45) is -0.592. The van der Waals surface area contributed by atoms with Crippen LogP contribution in [-0.4, -0.2) is 63.8 Å². The maximum Gasteiger partial charge on any atom is 0.340 e. The van der Waals surface area contributed by atoms with Crippen molar-refractivity contribution in [3.8, 4) is 0 Å². The molecule has 12 nitrogen and oxygen atoms in total. The first-order chi connectivity index (χ1) is 17.2. The zero-order chi connectivity index (χ0) is 26.6. The fraction of sp³-hybridized carbons (Fsp3) is 0.375. The van der Waals surface area contributed by atoms with Crippen LogP contribution in [0.3, 0.4) is 0 Å². The third kappa shape index (κ3) is 4.14. The van der Waals surface area contributed by atoms with Gasteiger partial charge in [0.15, 0.2) is 0 Å². The molecule has 1 aromatic carbocycles. The predicted octanol–water partition coefficient (Wildman–Crippen LogP) is 0.588. The van der Waals surface area contributed by atoms with Crippen LogP contribution in [0.2, 0.25) is 0 Å². The number of esters is 4. The van der Waals surface area contributed by atoms with Crippen LogP contribution in [0.5, 0.6) is 0 Å². The van der Waals surface area contributed by atoms with Crippen LogP contribution in [-0.2, 0) is 53.1 Å². The normalized spacial score (nSPS) is 18.6. The Morgan fingerprint density at radius 1 is 0.944 bits per heavy atom. The minimum Gasteiger partial charge on any atom is -0.468 e. The van der Waals surface area contributed by atoms with E-state index in [-0.39, 0.29) is 30.2 Å². The minimum absolute atomic E-state index is 0.0411. The van der Waals surface area contributed by atoms with Crippen molar-refractivity contribution in [1.29, 1.82) is 0 Å². The molecule has 2 heterocycles. The summed E-state index contributed by atoms with van der Waals surface area (Å²) in [5.74, 6) is -5.40. The number of hydrogen-bond acceptors (Lipinski definition) is 11.